The summed E-state index contributed by atoms with van der Waals surface area (Å²) in [6, 6.07) is 0. The van der Waals surface area contributed by atoms with E-state index >= 15 is 0 Å². The number of rotatable bonds is 3. The lowest BCUT2D eigenvalue weighted by Gasteiger charge is -1.99. The Labute approximate surface area is 96.8 Å². The van der Waals surface area contributed by atoms with Gasteiger partial charge < -0.3 is 4.52 Å². The standard InChI is InChI=1S/C10H13N5O2/c16-10-13-11-6-15(10)5-8-12-9(14-17-8)7-3-1-2-4-7/h6-7H,1-5H2,(H,13,16). The van der Waals surface area contributed by atoms with Crippen molar-refractivity contribution in [2.75, 3.05) is 0 Å². The zero-order chi connectivity index (χ0) is 11.7. The van der Waals surface area contributed by atoms with E-state index in [1.165, 1.54) is 23.7 Å². The largest absolute Gasteiger partial charge is 0.343 e. The molecule has 0 spiro atoms. The van der Waals surface area contributed by atoms with Crippen molar-refractivity contribution in [3.05, 3.63) is 28.5 Å². The Morgan fingerprint density at radius 1 is 1.47 bits per heavy atom. The van der Waals surface area contributed by atoms with Crippen LogP contribution in [0.1, 0.15) is 43.3 Å². The van der Waals surface area contributed by atoms with Crippen LogP contribution in [0.3, 0.4) is 0 Å². The Bertz CT molecular complexity index is 549. The van der Waals surface area contributed by atoms with Crippen LogP contribution in [0.2, 0.25) is 0 Å². The van der Waals surface area contributed by atoms with Crippen LogP contribution in [0.15, 0.2) is 15.6 Å². The lowest BCUT2D eigenvalue weighted by molar-refractivity contribution is 0.362. The summed E-state index contributed by atoms with van der Waals surface area (Å²) in [5.74, 6) is 1.65. The van der Waals surface area contributed by atoms with Gasteiger partial charge in [-0.05, 0) is 12.8 Å². The van der Waals surface area contributed by atoms with E-state index in [0.29, 0.717) is 11.8 Å². The molecule has 1 fully saturated rings. The zero-order valence-corrected chi connectivity index (χ0v) is 9.30. The van der Waals surface area contributed by atoms with Gasteiger partial charge in [0.05, 0.1) is 0 Å². The van der Waals surface area contributed by atoms with E-state index in [0.717, 1.165) is 18.7 Å². The van der Waals surface area contributed by atoms with Crippen molar-refractivity contribution in [1.29, 1.82) is 0 Å². The molecule has 3 rings (SSSR count). The fourth-order valence-electron chi connectivity index (χ4n) is 2.21. The third-order valence-electron chi connectivity index (χ3n) is 3.13. The molecule has 0 saturated heterocycles. The molecule has 0 radical (unpaired) electrons. The maximum atomic E-state index is 11.2. The molecule has 7 heteroatoms. The first-order valence-electron chi connectivity index (χ1n) is 5.75. The minimum absolute atomic E-state index is 0.273. The molecular weight excluding hydrogens is 222 g/mol. The fourth-order valence-corrected chi connectivity index (χ4v) is 2.21. The first kappa shape index (κ1) is 10.2. The average molecular weight is 235 g/mol. The molecule has 0 unspecified atom stereocenters. The molecule has 0 bridgehead atoms. The summed E-state index contributed by atoms with van der Waals surface area (Å²) in [6.45, 7) is 0.273. The second-order valence-corrected chi connectivity index (χ2v) is 4.32. The van der Waals surface area contributed by atoms with Crippen LogP contribution < -0.4 is 5.69 Å². The van der Waals surface area contributed by atoms with Crippen molar-refractivity contribution in [2.24, 2.45) is 0 Å². The first-order chi connectivity index (χ1) is 8.33. The van der Waals surface area contributed by atoms with E-state index in [9.17, 15) is 4.79 Å². The summed E-state index contributed by atoms with van der Waals surface area (Å²) < 4.78 is 6.54. The number of nitrogens with zero attached hydrogens (tertiary/aromatic N) is 4. The Balaban J connectivity index is 1.76. The quantitative estimate of drug-likeness (QED) is 0.844. The van der Waals surface area contributed by atoms with Gasteiger partial charge in [0.1, 0.15) is 12.9 Å². The SMILES string of the molecule is O=c1[nH]ncn1Cc1nc(C2CCCC2)no1. The smallest absolute Gasteiger partial charge is 0.337 e. The molecule has 0 aromatic carbocycles. The predicted octanol–water partition coefficient (Wildman–Crippen LogP) is 0.660. The Morgan fingerprint density at radius 2 is 2.29 bits per heavy atom. The number of aromatic amines is 1. The van der Waals surface area contributed by atoms with Crippen LogP contribution >= 0.6 is 0 Å². The Morgan fingerprint density at radius 3 is 3.00 bits per heavy atom. The predicted molar refractivity (Wildman–Crippen MR) is 57.5 cm³/mol. The average Bonchev–Trinajstić information content (AvgIpc) is 3.02. The summed E-state index contributed by atoms with van der Waals surface area (Å²) in [7, 11) is 0. The van der Waals surface area contributed by atoms with Gasteiger partial charge in [-0.1, -0.05) is 18.0 Å². The van der Waals surface area contributed by atoms with E-state index in [4.69, 9.17) is 4.52 Å². The molecule has 1 aliphatic rings. The summed E-state index contributed by atoms with van der Waals surface area (Å²) in [5.41, 5.74) is -0.273. The van der Waals surface area contributed by atoms with Crippen molar-refractivity contribution < 1.29 is 4.52 Å². The number of hydrogen-bond acceptors (Lipinski definition) is 5. The topological polar surface area (TPSA) is 89.6 Å². The highest BCUT2D eigenvalue weighted by Crippen LogP contribution is 2.32. The van der Waals surface area contributed by atoms with E-state index in [1.54, 1.807) is 0 Å². The number of nitrogens with one attached hydrogen (secondary N) is 1. The lowest BCUT2D eigenvalue weighted by Crippen LogP contribution is -2.16. The van der Waals surface area contributed by atoms with E-state index < -0.39 is 0 Å². The summed E-state index contributed by atoms with van der Waals surface area (Å²) in [4.78, 5) is 15.6. The van der Waals surface area contributed by atoms with Gasteiger partial charge in [0.2, 0.25) is 5.89 Å². The molecule has 2 aromatic heterocycles. The van der Waals surface area contributed by atoms with Crippen LogP contribution in [0, 0.1) is 0 Å². The third kappa shape index (κ3) is 2.00. The number of H-pyrrole nitrogens is 1. The van der Waals surface area contributed by atoms with Crippen molar-refractivity contribution in [2.45, 2.75) is 38.1 Å². The molecule has 90 valence electrons. The number of hydrogen-bond donors (Lipinski definition) is 1. The van der Waals surface area contributed by atoms with Crippen LogP contribution in [0.5, 0.6) is 0 Å². The van der Waals surface area contributed by atoms with Gasteiger partial charge in [-0.3, -0.25) is 4.57 Å². The van der Waals surface area contributed by atoms with Crippen molar-refractivity contribution in [3.63, 3.8) is 0 Å². The summed E-state index contributed by atoms with van der Waals surface area (Å²) in [6.07, 6.45) is 6.14. The molecule has 0 atom stereocenters. The molecule has 2 heterocycles. The molecule has 17 heavy (non-hydrogen) atoms. The van der Waals surface area contributed by atoms with Crippen LogP contribution in [0.25, 0.3) is 0 Å². The Kier molecular flexibility index (Phi) is 2.50. The highest BCUT2D eigenvalue weighted by atomic mass is 16.5. The highest BCUT2D eigenvalue weighted by molar-refractivity contribution is 4.98. The van der Waals surface area contributed by atoms with E-state index in [2.05, 4.69) is 20.3 Å². The van der Waals surface area contributed by atoms with Crippen LogP contribution in [0.4, 0.5) is 0 Å². The molecule has 0 aliphatic heterocycles. The zero-order valence-electron chi connectivity index (χ0n) is 9.30. The van der Waals surface area contributed by atoms with Gasteiger partial charge in [-0.25, -0.2) is 9.89 Å². The Hall–Kier alpha value is -1.92. The van der Waals surface area contributed by atoms with E-state index in [-0.39, 0.29) is 12.2 Å². The highest BCUT2D eigenvalue weighted by Gasteiger charge is 2.22. The maximum Gasteiger partial charge on any atom is 0.343 e. The molecule has 2 aromatic rings. The molecule has 1 saturated carbocycles. The molecule has 0 amide bonds. The maximum absolute atomic E-state index is 11.2. The van der Waals surface area contributed by atoms with Gasteiger partial charge in [0, 0.05) is 5.92 Å². The molecule has 1 aliphatic carbocycles. The second kappa shape index (κ2) is 4.15. The van der Waals surface area contributed by atoms with Gasteiger partial charge in [-0.2, -0.15) is 10.1 Å². The van der Waals surface area contributed by atoms with Crippen molar-refractivity contribution in [1.82, 2.24) is 24.9 Å². The van der Waals surface area contributed by atoms with Gasteiger partial charge >= 0.3 is 5.69 Å². The van der Waals surface area contributed by atoms with Crippen molar-refractivity contribution in [3.8, 4) is 0 Å². The number of aromatic nitrogens is 5. The van der Waals surface area contributed by atoms with Gasteiger partial charge in [0.15, 0.2) is 5.82 Å². The summed E-state index contributed by atoms with van der Waals surface area (Å²) in [5, 5.41) is 9.93. The fraction of sp³-hybridized carbons (Fsp3) is 0.600. The molecular formula is C10H13N5O2. The molecule has 7 nitrogen and oxygen atoms in total. The second-order valence-electron chi connectivity index (χ2n) is 4.32. The monoisotopic (exact) mass is 235 g/mol. The normalized spacial score (nSPS) is 16.7. The van der Waals surface area contributed by atoms with Gasteiger partial charge in [0.25, 0.3) is 0 Å². The van der Waals surface area contributed by atoms with Crippen LogP contribution in [-0.2, 0) is 6.54 Å². The van der Waals surface area contributed by atoms with Crippen LogP contribution in [-0.4, -0.2) is 24.9 Å². The van der Waals surface area contributed by atoms with Crippen molar-refractivity contribution >= 4 is 0 Å². The molecule has 1 N–H and O–H groups in total. The van der Waals surface area contributed by atoms with Gasteiger partial charge in [-0.15, -0.1) is 0 Å². The lowest BCUT2D eigenvalue weighted by atomic mass is 10.1. The first-order valence-corrected chi connectivity index (χ1v) is 5.75. The van der Waals surface area contributed by atoms with E-state index in [1.807, 2.05) is 0 Å². The third-order valence-corrected chi connectivity index (χ3v) is 3.13. The summed E-state index contributed by atoms with van der Waals surface area (Å²) >= 11 is 0. The minimum Gasteiger partial charge on any atom is -0.337 e. The minimum atomic E-state index is -0.273.